The Hall–Kier alpha value is -0.380. The van der Waals surface area contributed by atoms with Crippen LogP contribution in [0.4, 0.5) is 0 Å². The van der Waals surface area contributed by atoms with Crippen LogP contribution in [-0.2, 0) is 0 Å². The largest absolute Gasteiger partial charge is 0.395 e. The molecule has 2 atom stereocenters. The van der Waals surface area contributed by atoms with Crippen LogP contribution in [0.15, 0.2) is 17.5 Å². The van der Waals surface area contributed by atoms with Gasteiger partial charge in [-0.3, -0.25) is 0 Å². The van der Waals surface area contributed by atoms with Gasteiger partial charge >= 0.3 is 0 Å². The molecule has 2 nitrogen and oxygen atoms in total. The second-order valence-corrected chi connectivity index (χ2v) is 5.39. The minimum Gasteiger partial charge on any atom is -0.395 e. The maximum Gasteiger partial charge on any atom is 0.0584 e. The van der Waals surface area contributed by atoms with Crippen LogP contribution in [0.5, 0.6) is 0 Å². The molecule has 1 heterocycles. The molecule has 1 rings (SSSR count). The first-order chi connectivity index (χ1) is 7.13. The highest BCUT2D eigenvalue weighted by Gasteiger charge is 2.14. The Morgan fingerprint density at radius 2 is 2.13 bits per heavy atom. The van der Waals surface area contributed by atoms with E-state index in [0.717, 1.165) is 6.42 Å². The second kappa shape index (κ2) is 6.26. The maximum atomic E-state index is 9.26. The molecule has 0 aliphatic rings. The van der Waals surface area contributed by atoms with Crippen molar-refractivity contribution in [3.63, 3.8) is 0 Å². The molecule has 0 spiro atoms. The van der Waals surface area contributed by atoms with Gasteiger partial charge in [0.2, 0.25) is 0 Å². The van der Waals surface area contributed by atoms with Gasteiger partial charge in [-0.25, -0.2) is 0 Å². The molecule has 15 heavy (non-hydrogen) atoms. The SMILES string of the molecule is CC(C)C[C@H](CO)N[C@H](C)c1cccs1. The molecule has 0 aliphatic carbocycles. The summed E-state index contributed by atoms with van der Waals surface area (Å²) in [6.07, 6.45) is 1.02. The Morgan fingerprint density at radius 3 is 2.60 bits per heavy atom. The van der Waals surface area contributed by atoms with E-state index in [-0.39, 0.29) is 12.6 Å². The molecule has 0 saturated heterocycles. The molecular formula is C12H21NOS. The summed E-state index contributed by atoms with van der Waals surface area (Å²) >= 11 is 1.76. The molecule has 1 aromatic rings. The van der Waals surface area contributed by atoms with Crippen LogP contribution in [0.25, 0.3) is 0 Å². The average Bonchev–Trinajstić information content (AvgIpc) is 2.68. The van der Waals surface area contributed by atoms with Crippen molar-refractivity contribution in [1.82, 2.24) is 5.32 Å². The van der Waals surface area contributed by atoms with E-state index in [2.05, 4.69) is 43.6 Å². The summed E-state index contributed by atoms with van der Waals surface area (Å²) in [4.78, 5) is 1.33. The lowest BCUT2D eigenvalue weighted by atomic mass is 10.0. The first-order valence-electron chi connectivity index (χ1n) is 5.53. The highest BCUT2D eigenvalue weighted by Crippen LogP contribution is 2.19. The lowest BCUT2D eigenvalue weighted by molar-refractivity contribution is 0.216. The van der Waals surface area contributed by atoms with Crippen molar-refractivity contribution in [1.29, 1.82) is 0 Å². The maximum absolute atomic E-state index is 9.26. The van der Waals surface area contributed by atoms with Gasteiger partial charge in [0.25, 0.3) is 0 Å². The fourth-order valence-electron chi connectivity index (χ4n) is 1.74. The summed E-state index contributed by atoms with van der Waals surface area (Å²) in [5, 5.41) is 14.8. The number of thiophene rings is 1. The average molecular weight is 227 g/mol. The Labute approximate surface area is 96.3 Å². The van der Waals surface area contributed by atoms with Gasteiger partial charge in [-0.2, -0.15) is 0 Å². The fourth-order valence-corrected chi connectivity index (χ4v) is 2.48. The Morgan fingerprint density at radius 1 is 1.40 bits per heavy atom. The molecule has 0 saturated carbocycles. The number of hydrogen-bond donors (Lipinski definition) is 2. The fraction of sp³-hybridized carbons (Fsp3) is 0.667. The van der Waals surface area contributed by atoms with Crippen molar-refractivity contribution < 1.29 is 5.11 Å². The van der Waals surface area contributed by atoms with Gasteiger partial charge in [-0.05, 0) is 30.7 Å². The van der Waals surface area contributed by atoms with Crippen LogP contribution in [0, 0.1) is 5.92 Å². The summed E-state index contributed by atoms with van der Waals surface area (Å²) < 4.78 is 0. The van der Waals surface area contributed by atoms with E-state index in [1.54, 1.807) is 11.3 Å². The molecule has 0 aliphatic heterocycles. The predicted molar refractivity (Wildman–Crippen MR) is 66.2 cm³/mol. The predicted octanol–water partition coefficient (Wildman–Crippen LogP) is 2.81. The molecule has 0 unspecified atom stereocenters. The topological polar surface area (TPSA) is 32.3 Å². The number of aliphatic hydroxyl groups excluding tert-OH is 1. The Bertz CT molecular complexity index is 259. The number of nitrogens with one attached hydrogen (secondary N) is 1. The monoisotopic (exact) mass is 227 g/mol. The van der Waals surface area contributed by atoms with Crippen molar-refractivity contribution in [2.24, 2.45) is 5.92 Å². The van der Waals surface area contributed by atoms with Crippen LogP contribution >= 0.6 is 11.3 Å². The zero-order valence-corrected chi connectivity index (χ0v) is 10.6. The van der Waals surface area contributed by atoms with Gasteiger partial charge in [0, 0.05) is 17.0 Å². The van der Waals surface area contributed by atoms with Crippen LogP contribution in [0.2, 0.25) is 0 Å². The molecule has 1 aromatic heterocycles. The summed E-state index contributed by atoms with van der Waals surface area (Å²) in [5.41, 5.74) is 0. The van der Waals surface area contributed by atoms with Gasteiger partial charge in [0.1, 0.15) is 0 Å². The van der Waals surface area contributed by atoms with Gasteiger partial charge in [-0.15, -0.1) is 11.3 Å². The lowest BCUT2D eigenvalue weighted by Crippen LogP contribution is -2.35. The van der Waals surface area contributed by atoms with Gasteiger partial charge in [-0.1, -0.05) is 19.9 Å². The molecule has 2 N–H and O–H groups in total. The minimum atomic E-state index is 0.210. The van der Waals surface area contributed by atoms with E-state index in [1.807, 2.05) is 0 Å². The van der Waals surface area contributed by atoms with E-state index in [9.17, 15) is 5.11 Å². The van der Waals surface area contributed by atoms with Crippen molar-refractivity contribution in [3.05, 3.63) is 22.4 Å². The second-order valence-electron chi connectivity index (χ2n) is 4.41. The summed E-state index contributed by atoms with van der Waals surface area (Å²) in [5.74, 6) is 0.616. The van der Waals surface area contributed by atoms with E-state index < -0.39 is 0 Å². The van der Waals surface area contributed by atoms with Crippen molar-refractivity contribution >= 4 is 11.3 Å². The van der Waals surface area contributed by atoms with Crippen molar-refractivity contribution in [2.75, 3.05) is 6.61 Å². The van der Waals surface area contributed by atoms with Crippen LogP contribution in [-0.4, -0.2) is 17.8 Å². The Kier molecular flexibility index (Phi) is 5.29. The van der Waals surface area contributed by atoms with Crippen LogP contribution < -0.4 is 5.32 Å². The third kappa shape index (κ3) is 4.33. The highest BCUT2D eigenvalue weighted by molar-refractivity contribution is 7.10. The molecule has 0 amide bonds. The normalized spacial score (nSPS) is 15.5. The number of hydrogen-bond acceptors (Lipinski definition) is 3. The molecular weight excluding hydrogens is 206 g/mol. The summed E-state index contributed by atoms with van der Waals surface area (Å²) in [7, 11) is 0. The lowest BCUT2D eigenvalue weighted by Gasteiger charge is -2.22. The van der Waals surface area contributed by atoms with E-state index in [0.29, 0.717) is 12.0 Å². The molecule has 0 aromatic carbocycles. The highest BCUT2D eigenvalue weighted by atomic mass is 32.1. The standard InChI is InChI=1S/C12H21NOS/c1-9(2)7-11(8-14)13-10(3)12-5-4-6-15-12/h4-6,9-11,13-14H,7-8H2,1-3H3/t10-,11-/m1/s1. The van der Waals surface area contributed by atoms with E-state index in [1.165, 1.54) is 4.88 Å². The van der Waals surface area contributed by atoms with E-state index in [4.69, 9.17) is 0 Å². The molecule has 3 heteroatoms. The third-order valence-corrected chi connectivity index (χ3v) is 3.49. The zero-order chi connectivity index (χ0) is 11.3. The molecule has 0 fully saturated rings. The molecule has 0 bridgehead atoms. The van der Waals surface area contributed by atoms with Gasteiger partial charge in [0.05, 0.1) is 6.61 Å². The molecule has 86 valence electrons. The number of aliphatic hydroxyl groups is 1. The number of rotatable bonds is 6. The zero-order valence-electron chi connectivity index (χ0n) is 9.73. The quantitative estimate of drug-likeness (QED) is 0.783. The van der Waals surface area contributed by atoms with Gasteiger partial charge < -0.3 is 10.4 Å². The van der Waals surface area contributed by atoms with Crippen molar-refractivity contribution in [3.8, 4) is 0 Å². The van der Waals surface area contributed by atoms with Crippen LogP contribution in [0.3, 0.4) is 0 Å². The Balaban J connectivity index is 2.44. The first-order valence-corrected chi connectivity index (χ1v) is 6.41. The van der Waals surface area contributed by atoms with E-state index >= 15 is 0 Å². The molecule has 0 radical (unpaired) electrons. The third-order valence-electron chi connectivity index (χ3n) is 2.43. The van der Waals surface area contributed by atoms with Gasteiger partial charge in [0.15, 0.2) is 0 Å². The van der Waals surface area contributed by atoms with Crippen molar-refractivity contribution in [2.45, 2.75) is 39.3 Å². The first kappa shape index (κ1) is 12.7. The summed E-state index contributed by atoms with van der Waals surface area (Å²) in [6.45, 7) is 6.73. The summed E-state index contributed by atoms with van der Waals surface area (Å²) in [6, 6.07) is 4.74. The minimum absolute atomic E-state index is 0.210. The van der Waals surface area contributed by atoms with Crippen LogP contribution in [0.1, 0.15) is 38.1 Å². The smallest absolute Gasteiger partial charge is 0.0584 e.